The van der Waals surface area contributed by atoms with E-state index in [2.05, 4.69) is 16.0 Å². The van der Waals surface area contributed by atoms with Crippen molar-refractivity contribution in [1.29, 1.82) is 0 Å². The number of halogens is 2. The van der Waals surface area contributed by atoms with Gasteiger partial charge < -0.3 is 55.4 Å². The number of carbonyl (C=O) groups is 10. The molecular weight excluding hydrogens is 1110 g/mol. The molecule has 0 radical (unpaired) electrons. The molecule has 0 bridgehead atoms. The zero-order valence-corrected chi connectivity index (χ0v) is 53.4. The Bertz CT molecular complexity index is 2640. The molecule has 462 valence electrons. The molecule has 10 amide bonds. The first-order chi connectivity index (χ1) is 38.6. The van der Waals surface area contributed by atoms with Crippen molar-refractivity contribution < 1.29 is 53.1 Å². The zero-order valence-electron chi connectivity index (χ0n) is 51.9. The molecule has 0 saturated carbocycles. The van der Waals surface area contributed by atoms with Crippen LogP contribution in [0.3, 0.4) is 0 Å². The maximum atomic E-state index is 15.2. The second kappa shape index (κ2) is 31.5. The molecule has 0 spiro atoms. The molecule has 12 atom stereocenters. The van der Waals surface area contributed by atoms with E-state index in [-0.39, 0.29) is 43.9 Å². The average molecular weight is 1200 g/mol. The quantitative estimate of drug-likeness (QED) is 0.250. The molecule has 1 fully saturated rings. The fourth-order valence-corrected chi connectivity index (χ4v) is 10.4. The lowest BCUT2D eigenvalue weighted by atomic mass is 9.94. The Kier molecular flexibility index (Phi) is 27.0. The summed E-state index contributed by atoms with van der Waals surface area (Å²) in [5, 5.41) is 20.5. The summed E-state index contributed by atoms with van der Waals surface area (Å²) >= 11 is 12.8. The molecule has 0 aromatic heterocycles. The van der Waals surface area contributed by atoms with E-state index in [0.717, 1.165) is 9.80 Å². The maximum Gasteiger partial charge on any atom is 0.248 e. The molecule has 21 nitrogen and oxygen atoms in total. The van der Waals surface area contributed by atoms with Crippen molar-refractivity contribution in [2.45, 2.75) is 181 Å². The highest BCUT2D eigenvalue weighted by Crippen LogP contribution is 2.24. The highest BCUT2D eigenvalue weighted by molar-refractivity contribution is 6.31. The lowest BCUT2D eigenvalue weighted by Gasteiger charge is -2.39. The van der Waals surface area contributed by atoms with Crippen LogP contribution in [-0.2, 0) is 60.8 Å². The minimum Gasteiger partial charge on any atom is -0.391 e. The molecule has 0 unspecified atom stereocenters. The number of likely N-dealkylation sites (N-methyl/N-ethyl adjacent to an activating group) is 7. The monoisotopic (exact) mass is 1200 g/mol. The summed E-state index contributed by atoms with van der Waals surface area (Å²) < 4.78 is 0. The predicted octanol–water partition coefficient (Wildman–Crippen LogP) is 4.02. The van der Waals surface area contributed by atoms with Crippen LogP contribution >= 0.6 is 23.2 Å². The van der Waals surface area contributed by atoms with Gasteiger partial charge in [0.25, 0.3) is 0 Å². The third-order valence-corrected chi connectivity index (χ3v) is 16.5. The fourth-order valence-electron chi connectivity index (χ4n) is 9.94. The van der Waals surface area contributed by atoms with Gasteiger partial charge in [0.15, 0.2) is 0 Å². The van der Waals surface area contributed by atoms with Crippen LogP contribution in [0.4, 0.5) is 0 Å². The summed E-state index contributed by atoms with van der Waals surface area (Å²) in [4.78, 5) is 154. The van der Waals surface area contributed by atoms with Crippen LogP contribution in [0.15, 0.2) is 48.5 Å². The molecule has 2 aromatic rings. The van der Waals surface area contributed by atoms with Crippen molar-refractivity contribution in [2.75, 3.05) is 49.3 Å². The van der Waals surface area contributed by atoms with E-state index in [0.29, 0.717) is 27.6 Å². The summed E-state index contributed by atoms with van der Waals surface area (Å²) in [6, 6.07) is 0.927. The number of amides is 10. The SMILES string of the molecule is CC[C@H](C)[C@@H]1NC(=O)[C@H](C)N(C)C(=O)[C@@H](C)N(C)C(=O)C[C@H](C)NC(=O)[C@H](CC(C)C)N(C)C(=O)[C@H](C)N(C)C(=O)[C@H](Cc2cccc(Cl)c2)N(C)C(=O)[C@H]([C@@H](C)O)NC(=O)[C@H](Cc2cccc(Cl)c2)N(C)C(=O)[C@H](CC(C)C)N(C)C1=O. The molecule has 1 aliphatic rings. The van der Waals surface area contributed by atoms with Gasteiger partial charge in [-0.15, -0.1) is 0 Å². The minimum atomic E-state index is -1.73. The van der Waals surface area contributed by atoms with E-state index in [1.165, 1.54) is 102 Å². The van der Waals surface area contributed by atoms with Gasteiger partial charge in [-0.1, -0.05) is 95.4 Å². The van der Waals surface area contributed by atoms with Crippen LogP contribution < -0.4 is 16.0 Å². The Morgan fingerprint density at radius 1 is 0.482 bits per heavy atom. The highest BCUT2D eigenvalue weighted by atomic mass is 35.5. The Morgan fingerprint density at radius 3 is 1.37 bits per heavy atom. The predicted molar refractivity (Wildman–Crippen MR) is 319 cm³/mol. The van der Waals surface area contributed by atoms with Crippen molar-refractivity contribution in [1.82, 2.24) is 50.2 Å². The van der Waals surface area contributed by atoms with Crippen molar-refractivity contribution >= 4 is 82.3 Å². The molecule has 4 N–H and O–H groups in total. The van der Waals surface area contributed by atoms with Crippen LogP contribution in [-0.4, -0.2) is 214 Å². The first-order valence-corrected chi connectivity index (χ1v) is 29.3. The Hall–Kier alpha value is -6.32. The normalized spacial score (nSPS) is 26.6. The third kappa shape index (κ3) is 18.8. The topological polar surface area (TPSA) is 250 Å². The second-order valence-electron chi connectivity index (χ2n) is 23.4. The van der Waals surface area contributed by atoms with Crippen LogP contribution in [0.5, 0.6) is 0 Å². The van der Waals surface area contributed by atoms with Gasteiger partial charge in [-0.25, -0.2) is 0 Å². The lowest BCUT2D eigenvalue weighted by molar-refractivity contribution is -0.153. The number of benzene rings is 2. The largest absolute Gasteiger partial charge is 0.391 e. The summed E-state index contributed by atoms with van der Waals surface area (Å²) in [6.45, 7) is 18.4. The molecule has 3 rings (SSSR count). The number of aliphatic hydroxyl groups excluding tert-OH is 1. The number of rotatable bonds is 11. The molecule has 0 aliphatic carbocycles. The van der Waals surface area contributed by atoms with Gasteiger partial charge in [-0.05, 0) is 101 Å². The van der Waals surface area contributed by atoms with E-state index < -0.39 is 132 Å². The fraction of sp³-hybridized carbons (Fsp3) is 0.633. The molecular formula is C60H92Cl2N10O11. The van der Waals surface area contributed by atoms with Gasteiger partial charge in [-0.3, -0.25) is 47.9 Å². The Balaban J connectivity index is 2.32. The van der Waals surface area contributed by atoms with Crippen molar-refractivity contribution in [3.8, 4) is 0 Å². The Labute approximate surface area is 501 Å². The van der Waals surface area contributed by atoms with Gasteiger partial charge in [0.05, 0.1) is 6.10 Å². The summed E-state index contributed by atoms with van der Waals surface area (Å²) in [6.07, 6.45) is -1.42. The summed E-state index contributed by atoms with van der Waals surface area (Å²) in [5.41, 5.74) is 1.05. The number of nitrogens with one attached hydrogen (secondary N) is 3. The molecule has 1 aliphatic heterocycles. The first kappa shape index (κ1) is 70.9. The standard InChI is InChI=1S/C60H92Cl2N10O11/c1-19-35(6)50-59(82)71(17)47(27-34(4)5)58(81)70(16)46(31-41-22-20-24-43(61)29-41)54(77)65-51(40(11)73)60(83)72(18)48(32-42-23-21-25-44(62)30-42)57(80)68(14)39(10)56(79)69(15)45(26-33(2)3)53(76)63-36(7)28-49(74)66(12)38(9)55(78)67(13)37(8)52(75)64-50/h20-25,29-30,33-40,45-48,50-51,73H,19,26-28,31-32H2,1-18H3,(H,63,76)(H,64,75)(H,65,77)/t35-,36-,37-,38+,39-,40+,45-,46-,47-,48-,50-,51-/m0/s1. The second-order valence-corrected chi connectivity index (χ2v) is 24.3. The number of nitrogens with zero attached hydrogens (tertiary/aromatic N) is 7. The first-order valence-electron chi connectivity index (χ1n) is 28.5. The molecule has 1 heterocycles. The number of hydrogen-bond donors (Lipinski definition) is 4. The summed E-state index contributed by atoms with van der Waals surface area (Å²) in [7, 11) is 9.82. The lowest BCUT2D eigenvalue weighted by Crippen LogP contribution is -2.63. The van der Waals surface area contributed by atoms with Gasteiger partial charge in [-0.2, -0.15) is 0 Å². The smallest absolute Gasteiger partial charge is 0.248 e. The molecule has 1 saturated heterocycles. The molecule has 2 aromatic carbocycles. The zero-order chi connectivity index (χ0) is 63.2. The third-order valence-electron chi connectivity index (χ3n) is 16.1. The molecule has 23 heteroatoms. The minimum absolute atomic E-state index is 0.107. The van der Waals surface area contributed by atoms with Crippen molar-refractivity contribution in [3.63, 3.8) is 0 Å². The van der Waals surface area contributed by atoms with E-state index in [9.17, 15) is 38.7 Å². The number of hydrogen-bond acceptors (Lipinski definition) is 11. The maximum absolute atomic E-state index is 15.2. The van der Waals surface area contributed by atoms with Crippen molar-refractivity contribution in [3.05, 3.63) is 69.7 Å². The van der Waals surface area contributed by atoms with E-state index in [1.54, 1.807) is 62.4 Å². The Morgan fingerprint density at radius 2 is 0.880 bits per heavy atom. The number of carbonyl (C=O) groups excluding carboxylic acids is 10. The van der Waals surface area contributed by atoms with Crippen LogP contribution in [0.1, 0.15) is 113 Å². The average Bonchev–Trinajstić information content (AvgIpc) is 3.57. The van der Waals surface area contributed by atoms with Gasteiger partial charge in [0.1, 0.15) is 54.4 Å². The van der Waals surface area contributed by atoms with Crippen LogP contribution in [0, 0.1) is 17.8 Å². The van der Waals surface area contributed by atoms with E-state index >= 15 is 14.4 Å². The highest BCUT2D eigenvalue weighted by Gasteiger charge is 2.43. The van der Waals surface area contributed by atoms with E-state index in [4.69, 9.17) is 23.2 Å². The van der Waals surface area contributed by atoms with Crippen LogP contribution in [0.25, 0.3) is 0 Å². The van der Waals surface area contributed by atoms with Crippen LogP contribution in [0.2, 0.25) is 10.0 Å². The molecule has 83 heavy (non-hydrogen) atoms. The van der Waals surface area contributed by atoms with Crippen molar-refractivity contribution in [2.24, 2.45) is 17.8 Å². The van der Waals surface area contributed by atoms with Gasteiger partial charge in [0, 0.05) is 84.7 Å². The summed E-state index contributed by atoms with van der Waals surface area (Å²) in [5.74, 6) is -7.57. The van der Waals surface area contributed by atoms with Gasteiger partial charge >= 0.3 is 0 Å². The number of aliphatic hydroxyl groups is 1. The van der Waals surface area contributed by atoms with Gasteiger partial charge in [0.2, 0.25) is 59.1 Å². The van der Waals surface area contributed by atoms with E-state index in [1.807, 2.05) is 34.6 Å².